The van der Waals surface area contributed by atoms with Gasteiger partial charge in [0.05, 0.1) is 17.6 Å². The lowest BCUT2D eigenvalue weighted by molar-refractivity contribution is -0.116. The van der Waals surface area contributed by atoms with Gasteiger partial charge in [0.25, 0.3) is 0 Å². The van der Waals surface area contributed by atoms with Crippen LogP contribution in [0.1, 0.15) is 28.4 Å². The van der Waals surface area contributed by atoms with Crippen molar-refractivity contribution in [1.82, 2.24) is 0 Å². The molecule has 1 N–H and O–H groups in total. The molecule has 31 heavy (non-hydrogen) atoms. The first-order valence-corrected chi connectivity index (χ1v) is 11.6. The SMILES string of the molecule is Cc1cccc(N(C(C)C(=O)Nc2ccccc2C(=O)c2ccccc2)S(C)(=O)=O)c1. The third-order valence-corrected chi connectivity index (χ3v) is 6.05. The van der Waals surface area contributed by atoms with E-state index in [0.717, 1.165) is 16.1 Å². The van der Waals surface area contributed by atoms with Crippen LogP contribution in [0.15, 0.2) is 78.9 Å². The molecular formula is C24H24N2O4S. The molecule has 0 bridgehead atoms. The smallest absolute Gasteiger partial charge is 0.248 e. The second kappa shape index (κ2) is 9.14. The summed E-state index contributed by atoms with van der Waals surface area (Å²) in [6, 6.07) is 21.3. The van der Waals surface area contributed by atoms with Crippen molar-refractivity contribution in [2.24, 2.45) is 0 Å². The van der Waals surface area contributed by atoms with Gasteiger partial charge in [-0.15, -0.1) is 0 Å². The van der Waals surface area contributed by atoms with Gasteiger partial charge < -0.3 is 5.32 Å². The summed E-state index contributed by atoms with van der Waals surface area (Å²) < 4.78 is 26.1. The number of nitrogens with one attached hydrogen (secondary N) is 1. The molecule has 3 aromatic rings. The molecule has 160 valence electrons. The molecule has 0 saturated carbocycles. The number of anilines is 2. The Morgan fingerprint density at radius 2 is 1.55 bits per heavy atom. The maximum atomic E-state index is 13.0. The number of aryl methyl sites for hydroxylation is 1. The molecule has 6 nitrogen and oxygen atoms in total. The number of hydrogen-bond acceptors (Lipinski definition) is 4. The molecule has 0 aliphatic carbocycles. The summed E-state index contributed by atoms with van der Waals surface area (Å²) in [5, 5.41) is 2.73. The molecule has 0 aromatic heterocycles. The zero-order chi connectivity index (χ0) is 22.6. The van der Waals surface area contributed by atoms with Gasteiger partial charge in [0, 0.05) is 11.1 Å². The fourth-order valence-electron chi connectivity index (χ4n) is 3.35. The Bertz CT molecular complexity index is 1210. The summed E-state index contributed by atoms with van der Waals surface area (Å²) in [7, 11) is -3.74. The lowest BCUT2D eigenvalue weighted by atomic mass is 10.0. The van der Waals surface area contributed by atoms with Crippen molar-refractivity contribution < 1.29 is 18.0 Å². The average Bonchev–Trinajstić information content (AvgIpc) is 2.73. The Morgan fingerprint density at radius 1 is 0.903 bits per heavy atom. The Labute approximate surface area is 182 Å². The number of nitrogens with zero attached hydrogens (tertiary/aromatic N) is 1. The highest BCUT2D eigenvalue weighted by molar-refractivity contribution is 7.92. The number of benzene rings is 3. The summed E-state index contributed by atoms with van der Waals surface area (Å²) in [5.41, 5.74) is 2.42. The van der Waals surface area contributed by atoms with E-state index in [-0.39, 0.29) is 5.78 Å². The molecule has 0 radical (unpaired) electrons. The molecule has 3 rings (SSSR count). The number of para-hydroxylation sites is 1. The Balaban J connectivity index is 1.91. The molecule has 0 spiro atoms. The van der Waals surface area contributed by atoms with Crippen molar-refractivity contribution in [1.29, 1.82) is 0 Å². The average molecular weight is 437 g/mol. The van der Waals surface area contributed by atoms with Crippen LogP contribution in [0.5, 0.6) is 0 Å². The predicted octanol–water partition coefficient (Wildman–Crippen LogP) is 4.02. The zero-order valence-corrected chi connectivity index (χ0v) is 18.4. The van der Waals surface area contributed by atoms with E-state index in [2.05, 4.69) is 5.32 Å². The third-order valence-electron chi connectivity index (χ3n) is 4.81. The van der Waals surface area contributed by atoms with E-state index in [0.29, 0.717) is 22.5 Å². The van der Waals surface area contributed by atoms with Crippen LogP contribution in [0.2, 0.25) is 0 Å². The van der Waals surface area contributed by atoms with Gasteiger partial charge in [0.15, 0.2) is 5.78 Å². The van der Waals surface area contributed by atoms with Gasteiger partial charge in [-0.1, -0.05) is 54.6 Å². The van der Waals surface area contributed by atoms with E-state index < -0.39 is 22.0 Å². The number of carbonyl (C=O) groups excluding carboxylic acids is 2. The molecule has 0 fully saturated rings. The summed E-state index contributed by atoms with van der Waals surface area (Å²) in [6.07, 6.45) is 1.06. The molecule has 7 heteroatoms. The van der Waals surface area contributed by atoms with Crippen LogP contribution in [0, 0.1) is 6.92 Å². The quantitative estimate of drug-likeness (QED) is 0.567. The van der Waals surface area contributed by atoms with Crippen LogP contribution in [-0.2, 0) is 14.8 Å². The molecule has 1 atom stereocenters. The Morgan fingerprint density at radius 3 is 2.19 bits per heavy atom. The predicted molar refractivity (Wildman–Crippen MR) is 123 cm³/mol. The van der Waals surface area contributed by atoms with Gasteiger partial charge in [-0.3, -0.25) is 13.9 Å². The van der Waals surface area contributed by atoms with Crippen LogP contribution >= 0.6 is 0 Å². The van der Waals surface area contributed by atoms with Gasteiger partial charge in [-0.25, -0.2) is 8.42 Å². The van der Waals surface area contributed by atoms with E-state index in [4.69, 9.17) is 0 Å². The molecule has 3 aromatic carbocycles. The maximum absolute atomic E-state index is 13.0. The monoisotopic (exact) mass is 436 g/mol. The normalized spacial score (nSPS) is 12.1. The van der Waals surface area contributed by atoms with Crippen LogP contribution < -0.4 is 9.62 Å². The number of hydrogen-bond donors (Lipinski definition) is 1. The van der Waals surface area contributed by atoms with Gasteiger partial charge in [0.2, 0.25) is 15.9 Å². The Hall–Kier alpha value is -3.45. The van der Waals surface area contributed by atoms with Crippen molar-refractivity contribution >= 4 is 33.1 Å². The van der Waals surface area contributed by atoms with Gasteiger partial charge in [-0.05, 0) is 43.7 Å². The molecular weight excluding hydrogens is 412 g/mol. The van der Waals surface area contributed by atoms with Gasteiger partial charge >= 0.3 is 0 Å². The summed E-state index contributed by atoms with van der Waals surface area (Å²) in [6.45, 7) is 3.36. The standard InChI is InChI=1S/C24H24N2O4S/c1-17-10-9-13-20(16-17)26(31(3,29)30)18(2)24(28)25-22-15-8-7-14-21(22)23(27)19-11-5-4-6-12-19/h4-16,18H,1-3H3,(H,25,28). The van der Waals surface area contributed by atoms with E-state index in [9.17, 15) is 18.0 Å². The van der Waals surface area contributed by atoms with Crippen molar-refractivity contribution in [2.75, 3.05) is 15.9 Å². The highest BCUT2D eigenvalue weighted by Gasteiger charge is 2.30. The van der Waals surface area contributed by atoms with E-state index in [1.807, 2.05) is 19.1 Å². The molecule has 0 aliphatic heterocycles. The highest BCUT2D eigenvalue weighted by atomic mass is 32.2. The minimum atomic E-state index is -3.74. The number of amides is 1. The van der Waals surface area contributed by atoms with Crippen molar-refractivity contribution in [3.8, 4) is 0 Å². The minimum Gasteiger partial charge on any atom is -0.324 e. The van der Waals surface area contributed by atoms with Crippen molar-refractivity contribution in [3.63, 3.8) is 0 Å². The topological polar surface area (TPSA) is 83.6 Å². The summed E-state index contributed by atoms with van der Waals surface area (Å²) >= 11 is 0. The van der Waals surface area contributed by atoms with E-state index in [1.165, 1.54) is 6.92 Å². The fourth-order valence-corrected chi connectivity index (χ4v) is 4.51. The van der Waals surface area contributed by atoms with E-state index in [1.54, 1.807) is 66.7 Å². The second-order valence-corrected chi connectivity index (χ2v) is 9.16. The molecule has 1 amide bonds. The lowest BCUT2D eigenvalue weighted by Crippen LogP contribution is -2.45. The fraction of sp³-hybridized carbons (Fsp3) is 0.167. The van der Waals surface area contributed by atoms with Crippen molar-refractivity contribution in [3.05, 3.63) is 95.6 Å². The van der Waals surface area contributed by atoms with Gasteiger partial charge in [0.1, 0.15) is 6.04 Å². The maximum Gasteiger partial charge on any atom is 0.248 e. The minimum absolute atomic E-state index is 0.234. The first-order chi connectivity index (χ1) is 14.7. The lowest BCUT2D eigenvalue weighted by Gasteiger charge is -2.28. The number of ketones is 1. The first-order valence-electron chi connectivity index (χ1n) is 9.74. The van der Waals surface area contributed by atoms with Crippen LogP contribution in [0.3, 0.4) is 0 Å². The van der Waals surface area contributed by atoms with Crippen LogP contribution in [0.4, 0.5) is 11.4 Å². The molecule has 1 unspecified atom stereocenters. The Kier molecular flexibility index (Phi) is 6.56. The number of sulfonamides is 1. The summed E-state index contributed by atoms with van der Waals surface area (Å²) in [4.78, 5) is 26.0. The first kappa shape index (κ1) is 22.2. The third kappa shape index (κ3) is 5.19. The van der Waals surface area contributed by atoms with E-state index >= 15 is 0 Å². The second-order valence-electron chi connectivity index (χ2n) is 7.30. The number of rotatable bonds is 7. The van der Waals surface area contributed by atoms with Gasteiger partial charge in [-0.2, -0.15) is 0 Å². The van der Waals surface area contributed by atoms with Crippen LogP contribution in [0.25, 0.3) is 0 Å². The van der Waals surface area contributed by atoms with Crippen LogP contribution in [-0.4, -0.2) is 32.4 Å². The molecule has 0 saturated heterocycles. The summed E-state index contributed by atoms with van der Waals surface area (Å²) in [5.74, 6) is -0.775. The highest BCUT2D eigenvalue weighted by Crippen LogP contribution is 2.24. The molecule has 0 heterocycles. The zero-order valence-electron chi connectivity index (χ0n) is 17.6. The molecule has 0 aliphatic rings. The van der Waals surface area contributed by atoms with Crippen molar-refractivity contribution in [2.45, 2.75) is 19.9 Å². The largest absolute Gasteiger partial charge is 0.324 e. The number of carbonyl (C=O) groups is 2.